The van der Waals surface area contributed by atoms with Gasteiger partial charge in [-0.1, -0.05) is 36.8 Å². The van der Waals surface area contributed by atoms with Crippen molar-refractivity contribution in [2.24, 2.45) is 17.8 Å². The van der Waals surface area contributed by atoms with E-state index in [1.807, 2.05) is 18.2 Å². The molecule has 124 valence electrons. The summed E-state index contributed by atoms with van der Waals surface area (Å²) in [5.74, 6) is 1.92. The van der Waals surface area contributed by atoms with Gasteiger partial charge in [-0.05, 0) is 49.8 Å². The molecule has 1 aromatic carbocycles. The monoisotopic (exact) mass is 313 g/mol. The van der Waals surface area contributed by atoms with Crippen LogP contribution in [0.3, 0.4) is 0 Å². The number of Topliss-reactive ketones (excluding diaryl/α,β-unsaturated/α-hetero) is 1. The first-order chi connectivity index (χ1) is 11.3. The smallest absolute Gasteiger partial charge is 0.137 e. The van der Waals surface area contributed by atoms with Gasteiger partial charge in [-0.2, -0.15) is 0 Å². The van der Waals surface area contributed by atoms with Gasteiger partial charge >= 0.3 is 0 Å². The van der Waals surface area contributed by atoms with E-state index in [4.69, 9.17) is 4.74 Å². The van der Waals surface area contributed by atoms with Crippen LogP contribution < -0.4 is 0 Å². The van der Waals surface area contributed by atoms with E-state index < -0.39 is 0 Å². The highest BCUT2D eigenvalue weighted by Gasteiger charge is 2.49. The Kier molecular flexibility index (Phi) is 4.50. The summed E-state index contributed by atoms with van der Waals surface area (Å²) < 4.78 is 6.00. The SMILES string of the molecule is O=C1C[C@H](COCc2ccccc2)[C@@H]2CCN3CCCC[C@H]1[C@H]23. The van der Waals surface area contributed by atoms with Crippen LogP contribution in [0.2, 0.25) is 0 Å². The Morgan fingerprint density at radius 3 is 2.83 bits per heavy atom. The molecular formula is C20H27NO2. The van der Waals surface area contributed by atoms with Crippen LogP contribution in [0.4, 0.5) is 0 Å². The maximum absolute atomic E-state index is 12.7. The molecule has 0 unspecified atom stereocenters. The van der Waals surface area contributed by atoms with E-state index in [0.717, 1.165) is 19.4 Å². The number of hydrogen-bond donors (Lipinski definition) is 0. The largest absolute Gasteiger partial charge is 0.376 e. The average Bonchev–Trinajstić information content (AvgIpc) is 2.87. The Hall–Kier alpha value is -1.19. The van der Waals surface area contributed by atoms with Gasteiger partial charge in [0.05, 0.1) is 13.2 Å². The molecule has 2 heterocycles. The minimum atomic E-state index is 0.315. The molecular weight excluding hydrogens is 286 g/mol. The topological polar surface area (TPSA) is 29.5 Å². The quantitative estimate of drug-likeness (QED) is 0.854. The van der Waals surface area contributed by atoms with Crippen LogP contribution in [0.1, 0.15) is 37.7 Å². The Balaban J connectivity index is 1.40. The number of nitrogens with zero attached hydrogens (tertiary/aromatic N) is 1. The molecule has 0 N–H and O–H groups in total. The van der Waals surface area contributed by atoms with E-state index in [-0.39, 0.29) is 0 Å². The second-order valence-corrected chi connectivity index (χ2v) is 7.51. The van der Waals surface area contributed by atoms with Gasteiger partial charge in [0.25, 0.3) is 0 Å². The van der Waals surface area contributed by atoms with Crippen LogP contribution in [-0.2, 0) is 16.1 Å². The van der Waals surface area contributed by atoms with Crippen molar-refractivity contribution in [1.82, 2.24) is 4.90 Å². The lowest BCUT2D eigenvalue weighted by Gasteiger charge is -2.40. The van der Waals surface area contributed by atoms with Gasteiger partial charge in [0.1, 0.15) is 5.78 Å². The van der Waals surface area contributed by atoms with Crippen LogP contribution in [0.15, 0.2) is 30.3 Å². The third kappa shape index (κ3) is 3.09. The molecule has 3 fully saturated rings. The van der Waals surface area contributed by atoms with Crippen LogP contribution in [-0.4, -0.2) is 36.4 Å². The van der Waals surface area contributed by atoms with Crippen LogP contribution in [0.5, 0.6) is 0 Å². The second kappa shape index (κ2) is 6.74. The highest BCUT2D eigenvalue weighted by molar-refractivity contribution is 5.83. The summed E-state index contributed by atoms with van der Waals surface area (Å²) in [6.45, 7) is 3.79. The fourth-order valence-electron chi connectivity index (χ4n) is 5.08. The van der Waals surface area contributed by atoms with Gasteiger partial charge in [-0.25, -0.2) is 0 Å². The minimum Gasteiger partial charge on any atom is -0.376 e. The molecule has 4 rings (SSSR count). The zero-order valence-corrected chi connectivity index (χ0v) is 13.8. The molecule has 0 amide bonds. The molecule has 0 aromatic heterocycles. The van der Waals surface area contributed by atoms with E-state index >= 15 is 0 Å². The van der Waals surface area contributed by atoms with E-state index in [1.165, 1.54) is 37.9 Å². The summed E-state index contributed by atoms with van der Waals surface area (Å²) in [7, 11) is 0. The first kappa shape index (κ1) is 15.3. The highest BCUT2D eigenvalue weighted by Crippen LogP contribution is 2.44. The molecule has 3 nitrogen and oxygen atoms in total. The third-order valence-electron chi connectivity index (χ3n) is 6.16. The summed E-state index contributed by atoms with van der Waals surface area (Å²) in [4.78, 5) is 15.3. The van der Waals surface area contributed by atoms with Crippen molar-refractivity contribution >= 4 is 5.78 Å². The Labute approximate surface area is 139 Å². The van der Waals surface area contributed by atoms with Crippen molar-refractivity contribution in [2.75, 3.05) is 19.7 Å². The predicted octanol–water partition coefficient (Wildman–Crippen LogP) is 3.28. The van der Waals surface area contributed by atoms with Gasteiger partial charge in [0.15, 0.2) is 0 Å². The number of carbonyl (C=O) groups excluding carboxylic acids is 1. The molecule has 2 saturated heterocycles. The highest BCUT2D eigenvalue weighted by atomic mass is 16.5. The zero-order valence-electron chi connectivity index (χ0n) is 13.8. The van der Waals surface area contributed by atoms with Crippen molar-refractivity contribution in [3.8, 4) is 0 Å². The molecule has 4 atom stereocenters. The summed E-state index contributed by atoms with van der Waals surface area (Å²) in [6.07, 6.45) is 5.61. The molecule has 1 aliphatic carbocycles. The molecule has 1 saturated carbocycles. The first-order valence-corrected chi connectivity index (χ1v) is 9.21. The predicted molar refractivity (Wildman–Crippen MR) is 90.0 cm³/mol. The average molecular weight is 313 g/mol. The fraction of sp³-hybridized carbons (Fsp3) is 0.650. The Bertz CT molecular complexity index is 544. The molecule has 0 radical (unpaired) electrons. The van der Waals surface area contributed by atoms with E-state index in [2.05, 4.69) is 17.0 Å². The summed E-state index contributed by atoms with van der Waals surface area (Å²) in [6, 6.07) is 10.9. The first-order valence-electron chi connectivity index (χ1n) is 9.21. The van der Waals surface area contributed by atoms with Crippen molar-refractivity contribution in [1.29, 1.82) is 0 Å². The second-order valence-electron chi connectivity index (χ2n) is 7.51. The van der Waals surface area contributed by atoms with Crippen molar-refractivity contribution in [3.05, 3.63) is 35.9 Å². The van der Waals surface area contributed by atoms with Crippen LogP contribution in [0, 0.1) is 17.8 Å². The molecule has 0 bridgehead atoms. The minimum absolute atomic E-state index is 0.315. The zero-order chi connectivity index (χ0) is 15.6. The van der Waals surface area contributed by atoms with E-state index in [1.54, 1.807) is 0 Å². The molecule has 3 heteroatoms. The van der Waals surface area contributed by atoms with E-state index in [0.29, 0.717) is 36.2 Å². The lowest BCUT2D eigenvalue weighted by Crippen LogP contribution is -2.48. The van der Waals surface area contributed by atoms with Gasteiger partial charge in [0.2, 0.25) is 0 Å². The molecule has 2 aliphatic heterocycles. The van der Waals surface area contributed by atoms with Gasteiger partial charge in [0, 0.05) is 18.4 Å². The number of ether oxygens (including phenoxy) is 1. The molecule has 1 aromatic rings. The third-order valence-corrected chi connectivity index (χ3v) is 6.16. The molecule has 0 spiro atoms. The van der Waals surface area contributed by atoms with E-state index in [9.17, 15) is 4.79 Å². The summed E-state index contributed by atoms with van der Waals surface area (Å²) in [5, 5.41) is 0. The van der Waals surface area contributed by atoms with Crippen molar-refractivity contribution in [3.63, 3.8) is 0 Å². The van der Waals surface area contributed by atoms with Crippen molar-refractivity contribution < 1.29 is 9.53 Å². The lowest BCUT2D eigenvalue weighted by atomic mass is 9.69. The Morgan fingerprint density at radius 1 is 1.09 bits per heavy atom. The Morgan fingerprint density at radius 2 is 1.96 bits per heavy atom. The normalized spacial score (nSPS) is 34.2. The maximum atomic E-state index is 12.7. The number of ketones is 1. The lowest BCUT2D eigenvalue weighted by molar-refractivity contribution is -0.131. The summed E-state index contributed by atoms with van der Waals surface area (Å²) in [5.41, 5.74) is 1.22. The maximum Gasteiger partial charge on any atom is 0.137 e. The number of benzene rings is 1. The standard InChI is InChI=1S/C20H27NO2/c22-19-12-16(14-23-13-15-6-2-1-3-7-15)17-9-11-21-10-5-4-8-18(19)20(17)21/h1-3,6-7,16-18,20H,4-5,8-14H2/t16-,17+,18-,20+/m1/s1. The number of rotatable bonds is 4. The molecule has 23 heavy (non-hydrogen) atoms. The van der Waals surface area contributed by atoms with Crippen molar-refractivity contribution in [2.45, 2.75) is 44.8 Å². The van der Waals surface area contributed by atoms with Crippen LogP contribution >= 0.6 is 0 Å². The van der Waals surface area contributed by atoms with Gasteiger partial charge < -0.3 is 4.74 Å². The van der Waals surface area contributed by atoms with Gasteiger partial charge in [-0.3, -0.25) is 9.69 Å². The fourth-order valence-corrected chi connectivity index (χ4v) is 5.08. The number of carbonyl (C=O) groups is 1. The van der Waals surface area contributed by atoms with Gasteiger partial charge in [-0.15, -0.1) is 0 Å². The summed E-state index contributed by atoms with van der Waals surface area (Å²) >= 11 is 0. The molecule has 3 aliphatic rings. The van der Waals surface area contributed by atoms with Crippen LogP contribution in [0.25, 0.3) is 0 Å². The number of hydrogen-bond acceptors (Lipinski definition) is 3.